The maximum absolute atomic E-state index is 13.5. The fourth-order valence-electron chi connectivity index (χ4n) is 4.36. The Balaban J connectivity index is 0.00000176. The molecule has 0 saturated heterocycles. The first-order valence-electron chi connectivity index (χ1n) is 12.2. The number of Topliss-reactive ketones (excluding diaryl/α,β-unsaturated/α-hetero) is 1. The molecule has 4 aromatic rings. The van der Waals surface area contributed by atoms with E-state index in [9.17, 15) is 9.18 Å². The molecule has 0 aliphatic carbocycles. The lowest BCUT2D eigenvalue weighted by Crippen LogP contribution is -2.22. The van der Waals surface area contributed by atoms with Crippen LogP contribution in [-0.4, -0.2) is 16.1 Å². The number of aromatic nitrogens is 1. The Morgan fingerprint density at radius 2 is 1.69 bits per heavy atom. The lowest BCUT2D eigenvalue weighted by atomic mass is 9.71. The lowest BCUT2D eigenvalue weighted by Gasteiger charge is -2.33. The number of fused-ring (bicyclic) bond motifs is 1. The van der Waals surface area contributed by atoms with E-state index in [-0.39, 0.29) is 34.9 Å². The van der Waals surface area contributed by atoms with Gasteiger partial charge in [0, 0.05) is 16.9 Å². The number of benzene rings is 3. The summed E-state index contributed by atoms with van der Waals surface area (Å²) in [7, 11) is 0. The van der Waals surface area contributed by atoms with E-state index >= 15 is 0 Å². The zero-order valence-corrected chi connectivity index (χ0v) is 23.1. The Bertz CT molecular complexity index is 1320. The lowest BCUT2D eigenvalue weighted by molar-refractivity contribution is 0.102. The first kappa shape index (κ1) is 27.5. The van der Waals surface area contributed by atoms with Crippen molar-refractivity contribution in [3.63, 3.8) is 0 Å². The first-order chi connectivity index (χ1) is 17.3. The third-order valence-electron chi connectivity index (χ3n) is 5.85. The number of halogens is 2. The fourth-order valence-corrected chi connectivity index (χ4v) is 4.67. The molecular weight excluding hydrogens is 517 g/mol. The van der Waals surface area contributed by atoms with Crippen LogP contribution in [0.5, 0.6) is 5.75 Å². The van der Waals surface area contributed by atoms with Crippen LogP contribution in [0.25, 0.3) is 10.9 Å². The Morgan fingerprint density at radius 3 is 2.36 bits per heavy atom. The van der Waals surface area contributed by atoms with E-state index in [1.165, 1.54) is 12.1 Å². The van der Waals surface area contributed by atoms with Crippen LogP contribution in [0.4, 0.5) is 4.39 Å². The van der Waals surface area contributed by atoms with Gasteiger partial charge >= 0.3 is 0 Å². The van der Waals surface area contributed by atoms with Gasteiger partial charge in [0.2, 0.25) is 0 Å². The number of nitrogens with zero attached hydrogens (tertiary/aromatic N) is 1. The summed E-state index contributed by atoms with van der Waals surface area (Å²) in [6.07, 6.45) is 0. The number of rotatable bonds is 7. The van der Waals surface area contributed by atoms with Crippen molar-refractivity contribution < 1.29 is 13.9 Å². The Labute approximate surface area is 221 Å². The van der Waals surface area contributed by atoms with Gasteiger partial charge in [-0.05, 0) is 59.0 Å². The second-order valence-corrected chi connectivity index (χ2v) is 10.0. The van der Waals surface area contributed by atoms with Gasteiger partial charge in [0.15, 0.2) is 5.78 Å². The molecule has 4 rings (SSSR count). The zero-order chi connectivity index (χ0) is 26.3. The average molecular weight is 551 g/mol. The number of hydrogen-bond donors (Lipinski definition) is 0. The molecule has 0 spiro atoms. The number of carbonyl (C=O) groups is 1. The van der Waals surface area contributed by atoms with E-state index in [1.54, 1.807) is 6.07 Å². The predicted molar refractivity (Wildman–Crippen MR) is 150 cm³/mol. The standard InChI is InChI=1S/C29H27BrFNO2.C2H6/c1-29(2,3)28(19-7-5-4-6-8-19)25-16-23(12-13-24(25)27(33)17-30)34-18-22-11-9-20-15-21(31)10-14-26(20)32-22;1-2/h4-16,28H,17-18H2,1-3H3;1-2H3. The average Bonchev–Trinajstić information content (AvgIpc) is 2.88. The van der Waals surface area contributed by atoms with E-state index < -0.39 is 0 Å². The number of pyridine rings is 1. The molecule has 0 amide bonds. The summed E-state index contributed by atoms with van der Waals surface area (Å²) >= 11 is 3.33. The van der Waals surface area contributed by atoms with Crippen molar-refractivity contribution in [1.82, 2.24) is 4.98 Å². The summed E-state index contributed by atoms with van der Waals surface area (Å²) in [6, 6.07) is 24.2. The molecule has 188 valence electrons. The van der Waals surface area contributed by atoms with Crippen LogP contribution in [0.3, 0.4) is 0 Å². The van der Waals surface area contributed by atoms with E-state index in [0.29, 0.717) is 11.3 Å². The van der Waals surface area contributed by atoms with Crippen LogP contribution in [0.15, 0.2) is 78.9 Å². The molecule has 0 radical (unpaired) electrons. The van der Waals surface area contributed by atoms with E-state index in [1.807, 2.05) is 62.4 Å². The molecule has 0 fully saturated rings. The topological polar surface area (TPSA) is 39.2 Å². The third-order valence-corrected chi connectivity index (χ3v) is 6.36. The molecule has 0 N–H and O–H groups in total. The molecule has 0 bridgehead atoms. The van der Waals surface area contributed by atoms with Crippen molar-refractivity contribution in [2.75, 3.05) is 5.33 Å². The summed E-state index contributed by atoms with van der Waals surface area (Å²) in [5, 5.41) is 1.01. The maximum atomic E-state index is 13.5. The fraction of sp³-hybridized carbons (Fsp3) is 0.290. The summed E-state index contributed by atoms with van der Waals surface area (Å²) < 4.78 is 19.6. The largest absolute Gasteiger partial charge is 0.487 e. The highest BCUT2D eigenvalue weighted by Crippen LogP contribution is 2.43. The highest BCUT2D eigenvalue weighted by atomic mass is 79.9. The number of hydrogen-bond acceptors (Lipinski definition) is 3. The summed E-state index contributed by atoms with van der Waals surface area (Å²) in [5.41, 5.74) is 4.13. The Kier molecular flexibility index (Phi) is 9.38. The summed E-state index contributed by atoms with van der Waals surface area (Å²) in [4.78, 5) is 17.4. The van der Waals surface area contributed by atoms with Gasteiger partial charge in [-0.3, -0.25) is 4.79 Å². The van der Waals surface area contributed by atoms with Crippen LogP contribution >= 0.6 is 15.9 Å². The van der Waals surface area contributed by atoms with Crippen molar-refractivity contribution in [3.05, 3.63) is 107 Å². The van der Waals surface area contributed by atoms with Gasteiger partial charge in [-0.2, -0.15) is 0 Å². The highest BCUT2D eigenvalue weighted by Gasteiger charge is 2.31. The number of alkyl halides is 1. The molecule has 1 atom stereocenters. The molecule has 5 heteroatoms. The molecule has 0 saturated carbocycles. The van der Waals surface area contributed by atoms with Crippen molar-refractivity contribution in [1.29, 1.82) is 0 Å². The van der Waals surface area contributed by atoms with Crippen molar-refractivity contribution in [3.8, 4) is 5.75 Å². The van der Waals surface area contributed by atoms with Crippen LogP contribution in [0.1, 0.15) is 67.7 Å². The Hall–Kier alpha value is -3.05. The van der Waals surface area contributed by atoms with Gasteiger partial charge < -0.3 is 4.74 Å². The number of ketones is 1. The number of carbonyl (C=O) groups excluding carboxylic acids is 1. The minimum Gasteiger partial charge on any atom is -0.487 e. The molecule has 0 aliphatic heterocycles. The third kappa shape index (κ3) is 6.58. The molecule has 1 aromatic heterocycles. The van der Waals surface area contributed by atoms with Gasteiger partial charge in [-0.15, -0.1) is 0 Å². The SMILES string of the molecule is CC.CC(C)(C)C(c1ccccc1)c1cc(OCc2ccc3cc(F)ccc3n2)ccc1C(=O)CBr. The molecule has 36 heavy (non-hydrogen) atoms. The second-order valence-electron chi connectivity index (χ2n) is 9.44. The minimum absolute atomic E-state index is 0.00365. The van der Waals surface area contributed by atoms with Gasteiger partial charge in [0.25, 0.3) is 0 Å². The smallest absolute Gasteiger partial charge is 0.173 e. The van der Waals surface area contributed by atoms with Crippen LogP contribution in [-0.2, 0) is 6.61 Å². The molecule has 1 unspecified atom stereocenters. The van der Waals surface area contributed by atoms with Crippen LogP contribution in [0.2, 0.25) is 0 Å². The van der Waals surface area contributed by atoms with Crippen LogP contribution in [0, 0.1) is 11.2 Å². The molecule has 3 aromatic carbocycles. The zero-order valence-electron chi connectivity index (χ0n) is 21.5. The normalized spacial score (nSPS) is 12.0. The van der Waals surface area contributed by atoms with E-state index in [4.69, 9.17) is 4.74 Å². The summed E-state index contributed by atoms with van der Waals surface area (Å²) in [6.45, 7) is 10.8. The van der Waals surface area contributed by atoms with E-state index in [0.717, 1.165) is 27.7 Å². The monoisotopic (exact) mass is 549 g/mol. The summed E-state index contributed by atoms with van der Waals surface area (Å²) in [5.74, 6) is 0.433. The highest BCUT2D eigenvalue weighted by molar-refractivity contribution is 9.09. The van der Waals surface area contributed by atoms with Crippen molar-refractivity contribution >= 4 is 32.6 Å². The Morgan fingerprint density at radius 1 is 0.972 bits per heavy atom. The minimum atomic E-state index is -0.282. The predicted octanol–water partition coefficient (Wildman–Crippen LogP) is 8.73. The van der Waals surface area contributed by atoms with Gasteiger partial charge in [0.05, 0.1) is 16.5 Å². The van der Waals surface area contributed by atoms with Crippen LogP contribution < -0.4 is 4.74 Å². The van der Waals surface area contributed by atoms with E-state index in [2.05, 4.69) is 53.8 Å². The molecule has 0 aliphatic rings. The van der Waals surface area contributed by atoms with Crippen molar-refractivity contribution in [2.45, 2.75) is 47.1 Å². The van der Waals surface area contributed by atoms with Gasteiger partial charge in [-0.1, -0.05) is 86.9 Å². The molecule has 1 heterocycles. The molecular formula is C31H33BrFNO2. The van der Waals surface area contributed by atoms with Gasteiger partial charge in [0.1, 0.15) is 18.2 Å². The maximum Gasteiger partial charge on any atom is 0.173 e. The number of ether oxygens (including phenoxy) is 1. The first-order valence-corrected chi connectivity index (χ1v) is 13.3. The quantitative estimate of drug-likeness (QED) is 0.171. The van der Waals surface area contributed by atoms with Crippen molar-refractivity contribution in [2.24, 2.45) is 5.41 Å². The van der Waals surface area contributed by atoms with Gasteiger partial charge in [-0.25, -0.2) is 9.37 Å². The second kappa shape index (κ2) is 12.3. The molecule has 3 nitrogen and oxygen atoms in total.